The number of hydrogen-bond acceptors (Lipinski definition) is 9. The van der Waals surface area contributed by atoms with Gasteiger partial charge in [0, 0.05) is 51.5 Å². The number of rotatable bonds is 6. The summed E-state index contributed by atoms with van der Waals surface area (Å²) < 4.78 is 86.1. The van der Waals surface area contributed by atoms with Gasteiger partial charge < -0.3 is 10.2 Å². The van der Waals surface area contributed by atoms with E-state index >= 15 is 0 Å². The summed E-state index contributed by atoms with van der Waals surface area (Å²) in [5.74, 6) is 0.214. The molecule has 0 saturated heterocycles. The van der Waals surface area contributed by atoms with Gasteiger partial charge in [0.15, 0.2) is 22.5 Å². The van der Waals surface area contributed by atoms with Gasteiger partial charge in [0.05, 0.1) is 41.3 Å². The van der Waals surface area contributed by atoms with Crippen molar-refractivity contribution in [3.05, 3.63) is 161 Å². The van der Waals surface area contributed by atoms with Gasteiger partial charge in [-0.05, 0) is 265 Å². The molecule has 6 aliphatic rings. The molecule has 0 spiro atoms. The van der Waals surface area contributed by atoms with Crippen LogP contribution in [0.5, 0.6) is 0 Å². The average molecular weight is 1220 g/mol. The molecule has 0 bridgehead atoms. The maximum absolute atomic E-state index is 13.6. The normalized spacial score (nSPS) is 27.5. The number of carbonyl (C=O) groups is 1. The quantitative estimate of drug-likeness (QED) is 0.155. The van der Waals surface area contributed by atoms with E-state index in [1.54, 1.807) is 52.0 Å². The summed E-state index contributed by atoms with van der Waals surface area (Å²) >= 11 is 0. The van der Waals surface area contributed by atoms with Crippen molar-refractivity contribution >= 4 is 38.9 Å². The Morgan fingerprint density at radius 1 is 0.494 bits per heavy atom. The topological polar surface area (TPSA) is 150 Å². The number of aromatic nitrogens is 9. The first-order valence-electron chi connectivity index (χ1n) is 32.1. The second-order valence-corrected chi connectivity index (χ2v) is 26.8. The van der Waals surface area contributed by atoms with Crippen LogP contribution in [0.15, 0.2) is 110 Å². The first-order valence-corrected chi connectivity index (χ1v) is 32.1. The van der Waals surface area contributed by atoms with E-state index in [2.05, 4.69) is 41.3 Å². The number of aryl methyl sites for hydroxylation is 3. The molecule has 3 aromatic carbocycles. The summed E-state index contributed by atoms with van der Waals surface area (Å²) in [5, 5.41) is 37.5. The summed E-state index contributed by atoms with van der Waals surface area (Å²) in [7, 11) is 0. The van der Waals surface area contributed by atoms with E-state index in [1.165, 1.54) is 53.2 Å². The number of benzene rings is 3. The number of fused-ring (bicyclic) bond motifs is 12. The standard InChI is InChI=1S/C24H25F4N3O.C24H28FN3O.C23H24FN3O/c1-2-22-10-11-23(32,24(26,27)28)13-16(22)4-3-5-20-19(22)12-15-14-29-31(21(15)30-20)18-8-6-17(25)7-9-18;1-3-24-12-11-23(2,29)14-17(24)5-4-6-21-20(24)13-16-15-26-28(22(16)27-21)19-9-7-18(25)8-10-19;1-2-23-11-10-19(28)13-16(23)4-3-5-21-20(23)12-15-14-25-27(22(15)26-21)18-8-6-17(24)7-9-18/h6-9,12,14,16,32H,2-5,10-11,13H2,1H3;7-10,13,15,17,29H,3-6,11-12,14H2,1-2H3;6-9,12,14,16H,2-5,10-11,13H2,1H3/t16-,22-,23-;17-,23+,24-;16-,23-/m111/s1. The number of ketones is 1. The zero-order chi connectivity index (χ0) is 62.3. The van der Waals surface area contributed by atoms with Crippen LogP contribution in [-0.2, 0) is 40.3 Å². The molecular formula is C71H77F6N9O3. The van der Waals surface area contributed by atoms with Gasteiger partial charge in [-0.2, -0.15) is 28.5 Å². The van der Waals surface area contributed by atoms with Crippen molar-refractivity contribution in [3.8, 4) is 17.1 Å². The zero-order valence-electron chi connectivity index (χ0n) is 51.1. The Kier molecular flexibility index (Phi) is 15.8. The Labute approximate surface area is 514 Å². The maximum Gasteiger partial charge on any atom is 0.417 e. The van der Waals surface area contributed by atoms with E-state index in [0.29, 0.717) is 61.1 Å². The fourth-order valence-corrected chi connectivity index (χ4v) is 17.1. The maximum atomic E-state index is 13.6. The summed E-state index contributed by atoms with van der Waals surface area (Å²) in [4.78, 5) is 27.2. The van der Waals surface area contributed by atoms with E-state index in [4.69, 9.17) is 15.0 Å². The first kappa shape index (κ1) is 60.6. The highest BCUT2D eigenvalue weighted by atomic mass is 19.4. The van der Waals surface area contributed by atoms with Crippen LogP contribution >= 0.6 is 0 Å². The van der Waals surface area contributed by atoms with Crippen LogP contribution in [-0.4, -0.2) is 77.7 Å². The van der Waals surface area contributed by atoms with Gasteiger partial charge in [-0.1, -0.05) is 20.8 Å². The summed E-state index contributed by atoms with van der Waals surface area (Å²) in [6, 6.07) is 25.3. The van der Waals surface area contributed by atoms with Gasteiger partial charge in [-0.3, -0.25) is 4.79 Å². The summed E-state index contributed by atoms with van der Waals surface area (Å²) in [6.07, 6.45) is 16.6. The largest absolute Gasteiger partial charge is 0.417 e. The lowest BCUT2D eigenvalue weighted by Crippen LogP contribution is -2.54. The number of alkyl halides is 3. The SMILES string of the molecule is CC[C@@]12CCC(=O)C[C@H]1CCCc1nc3c(cnn3-c3ccc(F)cc3)cc12.CC[C@@]12CC[C@](C)(O)C[C@H]1CCCc1nc3c(cnn3-c3ccc(F)cc3)cc12.CC[C@@]12CC[C@](O)(C(F)(F)F)C[C@H]1CCCc1nc3c(cnn3-c3ccc(F)cc3)cc12. The summed E-state index contributed by atoms with van der Waals surface area (Å²) in [6.45, 7) is 8.55. The molecule has 15 rings (SSSR count). The van der Waals surface area contributed by atoms with Crippen LogP contribution in [0.25, 0.3) is 50.2 Å². The zero-order valence-corrected chi connectivity index (χ0v) is 51.1. The Bertz CT molecular complexity index is 4100. The highest BCUT2D eigenvalue weighted by molar-refractivity contribution is 5.82. The van der Waals surface area contributed by atoms with Gasteiger partial charge >= 0.3 is 6.18 Å². The number of pyridine rings is 3. The van der Waals surface area contributed by atoms with Gasteiger partial charge in [0.1, 0.15) is 23.2 Å². The highest BCUT2D eigenvalue weighted by Crippen LogP contribution is 2.58. The molecule has 3 fully saturated rings. The molecule has 0 radical (unpaired) electrons. The van der Waals surface area contributed by atoms with Crippen LogP contribution in [0.4, 0.5) is 26.3 Å². The minimum Gasteiger partial charge on any atom is -0.390 e. The van der Waals surface area contributed by atoms with Gasteiger partial charge in [-0.25, -0.2) is 42.2 Å². The van der Waals surface area contributed by atoms with Crippen LogP contribution < -0.4 is 0 Å². The number of aliphatic hydroxyl groups is 2. The lowest BCUT2D eigenvalue weighted by molar-refractivity contribution is -0.279. The molecule has 8 atom stereocenters. The molecule has 12 nitrogen and oxygen atoms in total. The van der Waals surface area contributed by atoms with Crippen LogP contribution in [0.1, 0.15) is 177 Å². The van der Waals surface area contributed by atoms with Crippen molar-refractivity contribution in [2.75, 3.05) is 0 Å². The van der Waals surface area contributed by atoms with Crippen LogP contribution in [0.2, 0.25) is 0 Å². The minimum absolute atomic E-state index is 0.0545. The van der Waals surface area contributed by atoms with Crippen molar-refractivity contribution in [2.24, 2.45) is 17.8 Å². The van der Waals surface area contributed by atoms with E-state index in [-0.39, 0.29) is 53.5 Å². The first-order chi connectivity index (χ1) is 42.7. The monoisotopic (exact) mass is 1220 g/mol. The predicted octanol–water partition coefficient (Wildman–Crippen LogP) is 15.6. The Morgan fingerprint density at radius 2 is 0.854 bits per heavy atom. The van der Waals surface area contributed by atoms with Gasteiger partial charge in [-0.15, -0.1) is 0 Å². The lowest BCUT2D eigenvalue weighted by Gasteiger charge is -2.50. The molecule has 0 unspecified atom stereocenters. The molecule has 0 amide bonds. The molecule has 6 aliphatic carbocycles. The molecule has 6 aromatic heterocycles. The van der Waals surface area contributed by atoms with Crippen molar-refractivity contribution < 1.29 is 41.4 Å². The number of nitrogens with zero attached hydrogens (tertiary/aromatic N) is 9. The summed E-state index contributed by atoms with van der Waals surface area (Å²) in [5.41, 5.74) is 8.07. The Morgan fingerprint density at radius 3 is 1.24 bits per heavy atom. The molecule has 89 heavy (non-hydrogen) atoms. The second kappa shape index (κ2) is 23.2. The molecule has 0 aliphatic heterocycles. The predicted molar refractivity (Wildman–Crippen MR) is 330 cm³/mol. The van der Waals surface area contributed by atoms with Crippen molar-refractivity contribution in [2.45, 2.75) is 196 Å². The molecule has 6 heterocycles. The average Bonchev–Trinajstić information content (AvgIpc) is 2.12. The number of hydrogen-bond donors (Lipinski definition) is 2. The molecule has 18 heteroatoms. The third kappa shape index (κ3) is 10.7. The van der Waals surface area contributed by atoms with E-state index in [1.807, 2.05) is 37.0 Å². The van der Waals surface area contributed by atoms with Crippen LogP contribution in [0.3, 0.4) is 0 Å². The fourth-order valence-electron chi connectivity index (χ4n) is 17.1. The van der Waals surface area contributed by atoms with Gasteiger partial charge in [0.2, 0.25) is 0 Å². The molecule has 2 N–H and O–H groups in total. The molecule has 9 aromatic rings. The number of Topliss-reactive ketones (excluding diaryl/α,β-unsaturated/α-hetero) is 1. The number of carbonyl (C=O) groups excluding carboxylic acids is 1. The van der Waals surface area contributed by atoms with Crippen molar-refractivity contribution in [3.63, 3.8) is 0 Å². The van der Waals surface area contributed by atoms with Crippen LogP contribution in [0, 0.1) is 35.2 Å². The van der Waals surface area contributed by atoms with E-state index < -0.39 is 22.8 Å². The Hall–Kier alpha value is -7.31. The third-order valence-electron chi connectivity index (χ3n) is 22.0. The third-order valence-corrected chi connectivity index (χ3v) is 22.0. The van der Waals surface area contributed by atoms with E-state index in [9.17, 15) is 41.4 Å². The van der Waals surface area contributed by atoms with Crippen molar-refractivity contribution in [1.29, 1.82) is 0 Å². The van der Waals surface area contributed by atoms with Crippen molar-refractivity contribution in [1.82, 2.24) is 44.3 Å². The Balaban J connectivity index is 0.000000123. The highest BCUT2D eigenvalue weighted by Gasteiger charge is 2.61. The lowest BCUT2D eigenvalue weighted by atomic mass is 9.57. The molecule has 466 valence electrons. The minimum atomic E-state index is -4.62. The fraction of sp³-hybridized carbons (Fsp3) is 0.479. The van der Waals surface area contributed by atoms with Gasteiger partial charge in [0.25, 0.3) is 0 Å². The number of halogens is 6. The molecular weight excluding hydrogens is 1140 g/mol. The second-order valence-electron chi connectivity index (χ2n) is 26.8. The van der Waals surface area contributed by atoms with E-state index in [0.717, 1.165) is 139 Å². The molecule has 3 saturated carbocycles. The smallest absolute Gasteiger partial charge is 0.390 e.